The van der Waals surface area contributed by atoms with Crippen molar-refractivity contribution in [1.29, 1.82) is 0 Å². The summed E-state index contributed by atoms with van der Waals surface area (Å²) in [5, 5.41) is 6.32. The molecule has 4 fully saturated rings. The molecule has 4 aliphatic rings. The van der Waals surface area contributed by atoms with Crippen LogP contribution in [0.5, 0.6) is 0 Å². The standard InChI is InChI=1S/C24H35N3O2/c1-16-4-6-20(7-5-16)22(28)26-21(23(29)25-8-9-27(2)3)24-13-17-10-18(14-24)12-19(11-17)15-24/h4-7,17-19,21H,8-15H2,1-3H3,(H,25,29)(H,26,28)/p+1/t17?,18?,19?,21-,24?/m0/s1. The van der Waals surface area contributed by atoms with E-state index >= 15 is 0 Å². The molecule has 0 unspecified atom stereocenters. The highest BCUT2D eigenvalue weighted by Crippen LogP contribution is 2.61. The van der Waals surface area contributed by atoms with Crippen LogP contribution >= 0.6 is 0 Å². The molecule has 5 rings (SSSR count). The van der Waals surface area contributed by atoms with E-state index in [1.54, 1.807) is 0 Å². The van der Waals surface area contributed by atoms with E-state index < -0.39 is 6.04 Å². The molecule has 0 spiro atoms. The number of amides is 2. The number of quaternary nitrogens is 1. The van der Waals surface area contributed by atoms with Crippen molar-refractivity contribution in [3.05, 3.63) is 35.4 Å². The normalized spacial score (nSPS) is 31.0. The Hall–Kier alpha value is -1.88. The molecular formula is C24H36N3O2+. The summed E-state index contributed by atoms with van der Waals surface area (Å²) < 4.78 is 0. The van der Waals surface area contributed by atoms with E-state index in [-0.39, 0.29) is 17.2 Å². The van der Waals surface area contributed by atoms with Crippen LogP contribution in [0.15, 0.2) is 24.3 Å². The van der Waals surface area contributed by atoms with Gasteiger partial charge in [0, 0.05) is 11.0 Å². The van der Waals surface area contributed by atoms with Gasteiger partial charge in [-0.1, -0.05) is 17.7 Å². The fraction of sp³-hybridized carbons (Fsp3) is 0.667. The summed E-state index contributed by atoms with van der Waals surface area (Å²) in [6, 6.07) is 7.19. The maximum atomic E-state index is 13.3. The fourth-order valence-electron chi connectivity index (χ4n) is 6.49. The third-order valence-corrected chi connectivity index (χ3v) is 7.47. The lowest BCUT2D eigenvalue weighted by atomic mass is 9.47. The van der Waals surface area contributed by atoms with Crippen LogP contribution in [0.25, 0.3) is 0 Å². The van der Waals surface area contributed by atoms with Crippen LogP contribution in [-0.4, -0.2) is 45.0 Å². The van der Waals surface area contributed by atoms with Crippen molar-refractivity contribution < 1.29 is 14.5 Å². The average Bonchev–Trinajstić information content (AvgIpc) is 2.65. The minimum Gasteiger partial charge on any atom is -0.349 e. The molecule has 4 aliphatic carbocycles. The van der Waals surface area contributed by atoms with Gasteiger partial charge in [0.2, 0.25) is 5.91 Å². The molecule has 29 heavy (non-hydrogen) atoms. The van der Waals surface area contributed by atoms with Gasteiger partial charge in [-0.25, -0.2) is 0 Å². The van der Waals surface area contributed by atoms with Gasteiger partial charge in [0.15, 0.2) is 0 Å². The number of carbonyl (C=O) groups is 2. The topological polar surface area (TPSA) is 62.6 Å². The van der Waals surface area contributed by atoms with E-state index in [0.29, 0.717) is 12.1 Å². The molecule has 158 valence electrons. The van der Waals surface area contributed by atoms with Gasteiger partial charge in [0.1, 0.15) is 6.04 Å². The van der Waals surface area contributed by atoms with E-state index in [2.05, 4.69) is 24.7 Å². The zero-order chi connectivity index (χ0) is 20.6. The molecule has 3 N–H and O–H groups in total. The molecule has 0 radical (unpaired) electrons. The number of hydrogen-bond acceptors (Lipinski definition) is 2. The lowest BCUT2D eigenvalue weighted by Crippen LogP contribution is -3.06. The Balaban J connectivity index is 1.55. The van der Waals surface area contributed by atoms with Crippen molar-refractivity contribution >= 4 is 11.8 Å². The predicted molar refractivity (Wildman–Crippen MR) is 114 cm³/mol. The number of rotatable bonds is 7. The van der Waals surface area contributed by atoms with Crippen LogP contribution < -0.4 is 15.5 Å². The first-order valence-electron chi connectivity index (χ1n) is 11.3. The highest BCUT2D eigenvalue weighted by Gasteiger charge is 2.56. The minimum absolute atomic E-state index is 0.00802. The van der Waals surface area contributed by atoms with Gasteiger partial charge in [-0.3, -0.25) is 9.59 Å². The van der Waals surface area contributed by atoms with Crippen molar-refractivity contribution in [3.8, 4) is 0 Å². The Morgan fingerprint density at radius 3 is 2.10 bits per heavy atom. The van der Waals surface area contributed by atoms with Crippen molar-refractivity contribution in [3.63, 3.8) is 0 Å². The smallest absolute Gasteiger partial charge is 0.251 e. The van der Waals surface area contributed by atoms with E-state index in [4.69, 9.17) is 0 Å². The first kappa shape index (κ1) is 20.4. The maximum Gasteiger partial charge on any atom is 0.251 e. The second kappa shape index (κ2) is 8.10. The zero-order valence-corrected chi connectivity index (χ0v) is 18.1. The molecule has 5 nitrogen and oxygen atoms in total. The van der Waals surface area contributed by atoms with Gasteiger partial charge in [0.25, 0.3) is 5.91 Å². The van der Waals surface area contributed by atoms with Crippen molar-refractivity contribution in [1.82, 2.24) is 10.6 Å². The second-order valence-electron chi connectivity index (χ2n) is 10.3. The van der Waals surface area contributed by atoms with Gasteiger partial charge in [-0.05, 0) is 75.3 Å². The Morgan fingerprint density at radius 2 is 1.59 bits per heavy atom. The van der Waals surface area contributed by atoms with E-state index in [1.807, 2.05) is 31.2 Å². The third kappa shape index (κ3) is 4.35. The molecule has 1 atom stereocenters. The van der Waals surface area contributed by atoms with Gasteiger partial charge in [-0.15, -0.1) is 0 Å². The van der Waals surface area contributed by atoms with Crippen LogP contribution in [-0.2, 0) is 4.79 Å². The molecule has 0 aliphatic heterocycles. The van der Waals surface area contributed by atoms with E-state index in [9.17, 15) is 9.59 Å². The van der Waals surface area contributed by atoms with Crippen molar-refractivity contribution in [2.24, 2.45) is 23.2 Å². The third-order valence-electron chi connectivity index (χ3n) is 7.47. The SMILES string of the molecule is Cc1ccc(C(=O)N[C@@H](C(=O)NCC[NH+](C)C)C23CC4CC(CC(C4)C2)C3)cc1. The van der Waals surface area contributed by atoms with E-state index in [0.717, 1.165) is 49.1 Å². The second-order valence-corrected chi connectivity index (χ2v) is 10.3. The minimum atomic E-state index is -0.429. The first-order valence-corrected chi connectivity index (χ1v) is 11.3. The zero-order valence-electron chi connectivity index (χ0n) is 18.1. The summed E-state index contributed by atoms with van der Waals surface area (Å²) in [7, 11) is 4.17. The Morgan fingerprint density at radius 1 is 1.03 bits per heavy atom. The fourth-order valence-corrected chi connectivity index (χ4v) is 6.49. The number of benzene rings is 1. The Labute approximate surface area is 174 Å². The lowest BCUT2D eigenvalue weighted by Gasteiger charge is -2.58. The number of nitrogens with one attached hydrogen (secondary N) is 3. The van der Waals surface area contributed by atoms with Crippen LogP contribution in [0.4, 0.5) is 0 Å². The molecule has 4 saturated carbocycles. The van der Waals surface area contributed by atoms with Crippen molar-refractivity contribution in [2.75, 3.05) is 27.2 Å². The summed E-state index contributed by atoms with van der Waals surface area (Å²) >= 11 is 0. The summed E-state index contributed by atoms with van der Waals surface area (Å²) in [6.07, 6.45) is 7.23. The largest absolute Gasteiger partial charge is 0.349 e. The van der Waals surface area contributed by atoms with Crippen LogP contribution in [0.3, 0.4) is 0 Å². The van der Waals surface area contributed by atoms with Gasteiger partial charge in [-0.2, -0.15) is 0 Å². The summed E-state index contributed by atoms with van der Waals surface area (Å²) in [4.78, 5) is 27.7. The van der Waals surface area contributed by atoms with Crippen LogP contribution in [0.1, 0.15) is 54.4 Å². The molecule has 1 aromatic carbocycles. The summed E-state index contributed by atoms with van der Waals surface area (Å²) in [5.74, 6) is 2.09. The number of carbonyl (C=O) groups excluding carboxylic acids is 2. The summed E-state index contributed by atoms with van der Waals surface area (Å²) in [5.41, 5.74) is 1.70. The summed E-state index contributed by atoms with van der Waals surface area (Å²) in [6.45, 7) is 3.54. The van der Waals surface area contributed by atoms with Gasteiger partial charge >= 0.3 is 0 Å². The molecule has 1 aromatic rings. The monoisotopic (exact) mass is 398 g/mol. The highest BCUT2D eigenvalue weighted by atomic mass is 16.2. The predicted octanol–water partition coefficient (Wildman–Crippen LogP) is 1.57. The average molecular weight is 399 g/mol. The maximum absolute atomic E-state index is 13.3. The molecule has 0 aromatic heterocycles. The van der Waals surface area contributed by atoms with E-state index in [1.165, 1.54) is 24.2 Å². The van der Waals surface area contributed by atoms with Gasteiger partial charge in [0.05, 0.1) is 27.2 Å². The molecular weight excluding hydrogens is 362 g/mol. The van der Waals surface area contributed by atoms with Gasteiger partial charge < -0.3 is 15.5 Å². The quantitative estimate of drug-likeness (QED) is 0.653. The van der Waals surface area contributed by atoms with Crippen molar-refractivity contribution in [2.45, 2.75) is 51.5 Å². The molecule has 4 bridgehead atoms. The highest BCUT2D eigenvalue weighted by molar-refractivity contribution is 5.97. The Kier molecular flexibility index (Phi) is 5.69. The molecule has 0 saturated heterocycles. The first-order chi connectivity index (χ1) is 13.8. The number of hydrogen-bond donors (Lipinski definition) is 3. The van der Waals surface area contributed by atoms with Crippen LogP contribution in [0.2, 0.25) is 0 Å². The lowest BCUT2D eigenvalue weighted by molar-refractivity contribution is -0.856. The number of aryl methyl sites for hydroxylation is 1. The molecule has 5 heteroatoms. The van der Waals surface area contributed by atoms with Crippen LogP contribution in [0, 0.1) is 30.1 Å². The number of likely N-dealkylation sites (N-methyl/N-ethyl adjacent to an activating group) is 1. The molecule has 2 amide bonds. The Bertz CT molecular complexity index is 721. The molecule has 0 heterocycles.